The van der Waals surface area contributed by atoms with Crippen molar-refractivity contribution in [2.45, 2.75) is 69.2 Å². The lowest BCUT2D eigenvalue weighted by atomic mass is 9.94. The first-order valence-electron chi connectivity index (χ1n) is 12.3. The molecule has 198 valence electrons. The lowest BCUT2D eigenvalue weighted by Crippen LogP contribution is -2.45. The van der Waals surface area contributed by atoms with Crippen molar-refractivity contribution in [3.8, 4) is 5.75 Å². The van der Waals surface area contributed by atoms with Gasteiger partial charge in [-0.05, 0) is 84.9 Å². The average molecular weight is 544 g/mol. The van der Waals surface area contributed by atoms with E-state index in [2.05, 4.69) is 0 Å². The number of thioether (sulfide) groups is 1. The van der Waals surface area contributed by atoms with Crippen LogP contribution in [0.5, 0.6) is 5.75 Å². The summed E-state index contributed by atoms with van der Waals surface area (Å²) in [5.41, 5.74) is 2.31. The maximum absolute atomic E-state index is 13.8. The molecule has 0 aromatic heterocycles. The quantitative estimate of drug-likeness (QED) is 0.461. The smallest absolute Gasteiger partial charge is 0.391 e. The molecule has 0 amide bonds. The Morgan fingerprint density at radius 3 is 2.53 bits per heavy atom. The van der Waals surface area contributed by atoms with Crippen molar-refractivity contribution in [1.29, 1.82) is 0 Å². The maximum atomic E-state index is 13.8. The Morgan fingerprint density at radius 2 is 1.86 bits per heavy atom. The van der Waals surface area contributed by atoms with Crippen molar-refractivity contribution in [2.75, 3.05) is 22.4 Å². The number of halogens is 3. The molecule has 0 spiro atoms. The maximum Gasteiger partial charge on any atom is 0.391 e. The predicted octanol–water partition coefficient (Wildman–Crippen LogP) is 5.73. The van der Waals surface area contributed by atoms with Gasteiger partial charge in [-0.3, -0.25) is 4.31 Å². The molecule has 0 bridgehead atoms. The molecule has 0 saturated carbocycles. The molecule has 1 atom stereocenters. The topological polar surface area (TPSA) is 66.8 Å². The number of ether oxygens (including phenoxy) is 1. The van der Waals surface area contributed by atoms with Crippen molar-refractivity contribution >= 4 is 27.5 Å². The Hall–Kier alpha value is -1.91. The minimum atomic E-state index is -4.51. The van der Waals surface area contributed by atoms with Crippen LogP contribution in [0.15, 0.2) is 41.3 Å². The van der Waals surface area contributed by atoms with Gasteiger partial charge in [0, 0.05) is 5.56 Å². The van der Waals surface area contributed by atoms with Crippen LogP contribution in [-0.2, 0) is 29.5 Å². The number of nitrogens with zero attached hydrogens (tertiary/aromatic N) is 1. The zero-order valence-electron chi connectivity index (χ0n) is 20.3. The number of alkyl halides is 3. The largest absolute Gasteiger partial charge is 0.493 e. The molecule has 2 aromatic rings. The highest BCUT2D eigenvalue weighted by Crippen LogP contribution is 2.40. The van der Waals surface area contributed by atoms with E-state index < -0.39 is 35.3 Å². The molecule has 1 fully saturated rings. The van der Waals surface area contributed by atoms with Gasteiger partial charge in [-0.2, -0.15) is 24.9 Å². The number of sulfonamides is 1. The Balaban J connectivity index is 1.67. The highest BCUT2D eigenvalue weighted by molar-refractivity contribution is 7.99. The zero-order chi connectivity index (χ0) is 25.9. The number of hydrogen-bond donors (Lipinski definition) is 1. The predicted molar refractivity (Wildman–Crippen MR) is 136 cm³/mol. The summed E-state index contributed by atoms with van der Waals surface area (Å²) >= 11 is 1.91. The molecule has 2 aliphatic rings. The van der Waals surface area contributed by atoms with E-state index in [4.69, 9.17) is 4.74 Å². The van der Waals surface area contributed by atoms with Gasteiger partial charge in [-0.1, -0.05) is 19.1 Å². The Labute approximate surface area is 215 Å². The van der Waals surface area contributed by atoms with Gasteiger partial charge in [-0.15, -0.1) is 0 Å². The summed E-state index contributed by atoms with van der Waals surface area (Å²) in [5, 5.41) is 9.94. The van der Waals surface area contributed by atoms with Crippen LogP contribution >= 0.6 is 11.8 Å². The van der Waals surface area contributed by atoms with Crippen LogP contribution in [0.25, 0.3) is 0 Å². The van der Waals surface area contributed by atoms with Gasteiger partial charge < -0.3 is 9.84 Å². The molecular formula is C26H32F3NO4S2. The van der Waals surface area contributed by atoms with Crippen molar-refractivity contribution in [2.24, 2.45) is 5.92 Å². The number of rotatable bonds is 8. The molecule has 0 unspecified atom stereocenters. The lowest BCUT2D eigenvalue weighted by molar-refractivity contribution is -0.138. The first-order valence-corrected chi connectivity index (χ1v) is 14.9. The third-order valence-corrected chi connectivity index (χ3v) is 9.82. The molecule has 2 aliphatic heterocycles. The highest BCUT2D eigenvalue weighted by atomic mass is 32.2. The summed E-state index contributed by atoms with van der Waals surface area (Å²) in [7, 11) is -4.34. The molecule has 36 heavy (non-hydrogen) atoms. The van der Waals surface area contributed by atoms with Crippen LogP contribution in [-0.4, -0.2) is 43.9 Å². The third kappa shape index (κ3) is 6.14. The first kappa shape index (κ1) is 27.1. The van der Waals surface area contributed by atoms with E-state index in [1.807, 2.05) is 24.8 Å². The lowest BCUT2D eigenvalue weighted by Gasteiger charge is -2.38. The molecule has 2 heterocycles. The molecule has 1 saturated heterocycles. The van der Waals surface area contributed by atoms with E-state index in [9.17, 15) is 26.7 Å². The van der Waals surface area contributed by atoms with E-state index in [0.717, 1.165) is 46.2 Å². The minimum Gasteiger partial charge on any atom is -0.493 e. The van der Waals surface area contributed by atoms with E-state index in [1.165, 1.54) is 18.2 Å². The second-order valence-electron chi connectivity index (χ2n) is 9.42. The van der Waals surface area contributed by atoms with E-state index >= 15 is 0 Å². The summed E-state index contributed by atoms with van der Waals surface area (Å²) in [6, 6.07) is 8.19. The number of benzene rings is 2. The zero-order valence-corrected chi connectivity index (χ0v) is 21.9. The summed E-state index contributed by atoms with van der Waals surface area (Å²) in [6.07, 6.45) is -2.45. The fraction of sp³-hybridized carbons (Fsp3) is 0.538. The van der Waals surface area contributed by atoms with E-state index in [0.29, 0.717) is 30.3 Å². The van der Waals surface area contributed by atoms with Gasteiger partial charge in [-0.25, -0.2) is 8.42 Å². The standard InChI is InChI=1S/C26H32F3NO4S2/c1-2-18-3-7-24-20(13-18)4-5-22(15-26(27,28)29)30(24)36(32,33)23-6-8-25(21(14-23)16-31)34-17-19-9-11-35-12-10-19/h3,6-8,13-14,19,22,31H,2,4-5,9-12,15-17H2,1H3/t22-/m0/s1. The van der Waals surface area contributed by atoms with Crippen LogP contribution in [0.3, 0.4) is 0 Å². The monoisotopic (exact) mass is 543 g/mol. The Kier molecular flexibility index (Phi) is 8.46. The van der Waals surface area contributed by atoms with Crippen molar-refractivity contribution in [3.05, 3.63) is 53.1 Å². The van der Waals surface area contributed by atoms with Gasteiger partial charge in [0.05, 0.1) is 36.3 Å². The van der Waals surface area contributed by atoms with Gasteiger partial charge in [0.25, 0.3) is 10.0 Å². The van der Waals surface area contributed by atoms with Crippen molar-refractivity contribution < 1.29 is 31.4 Å². The molecule has 2 aromatic carbocycles. The van der Waals surface area contributed by atoms with Crippen LogP contribution < -0.4 is 9.04 Å². The number of aliphatic hydroxyl groups is 1. The van der Waals surface area contributed by atoms with Gasteiger partial charge >= 0.3 is 6.18 Å². The van der Waals surface area contributed by atoms with E-state index in [1.54, 1.807) is 12.1 Å². The van der Waals surface area contributed by atoms with Gasteiger partial charge in [0.2, 0.25) is 0 Å². The average Bonchev–Trinajstić information content (AvgIpc) is 2.86. The summed E-state index contributed by atoms with van der Waals surface area (Å²) < 4.78 is 74.8. The Morgan fingerprint density at radius 1 is 1.11 bits per heavy atom. The number of aryl methyl sites for hydroxylation is 2. The molecule has 0 aliphatic carbocycles. The highest BCUT2D eigenvalue weighted by Gasteiger charge is 2.42. The second kappa shape index (κ2) is 11.2. The first-order chi connectivity index (χ1) is 17.1. The molecule has 4 rings (SSSR count). The number of aliphatic hydroxyl groups excluding tert-OH is 1. The molecular weight excluding hydrogens is 511 g/mol. The fourth-order valence-electron chi connectivity index (χ4n) is 4.90. The SMILES string of the molecule is CCc1ccc2c(c1)CC[C@@H](CC(F)(F)F)N2S(=O)(=O)c1ccc(OCC2CCSCC2)c(CO)c1. The molecule has 1 N–H and O–H groups in total. The van der Waals surface area contributed by atoms with E-state index in [-0.39, 0.29) is 17.0 Å². The Bertz CT molecular complexity index is 1160. The third-order valence-electron chi connectivity index (χ3n) is 6.91. The van der Waals surface area contributed by atoms with Crippen LogP contribution in [0.1, 0.15) is 49.3 Å². The molecule has 10 heteroatoms. The van der Waals surface area contributed by atoms with Crippen molar-refractivity contribution in [1.82, 2.24) is 0 Å². The summed E-state index contributed by atoms with van der Waals surface area (Å²) in [6.45, 7) is 2.01. The van der Waals surface area contributed by atoms with Gasteiger partial charge in [0.1, 0.15) is 5.75 Å². The summed E-state index contributed by atoms with van der Waals surface area (Å²) in [4.78, 5) is -0.160. The second-order valence-corrected chi connectivity index (χ2v) is 12.5. The van der Waals surface area contributed by atoms with Crippen LogP contribution in [0.2, 0.25) is 0 Å². The minimum absolute atomic E-state index is 0.0760. The fourth-order valence-corrected chi connectivity index (χ4v) is 7.87. The summed E-state index contributed by atoms with van der Waals surface area (Å²) in [5.74, 6) is 2.96. The van der Waals surface area contributed by atoms with Crippen molar-refractivity contribution in [3.63, 3.8) is 0 Å². The van der Waals surface area contributed by atoms with Crippen LogP contribution in [0.4, 0.5) is 18.9 Å². The van der Waals surface area contributed by atoms with Crippen LogP contribution in [0, 0.1) is 5.92 Å². The van der Waals surface area contributed by atoms with Gasteiger partial charge in [0.15, 0.2) is 0 Å². The number of anilines is 1. The normalized spacial score (nSPS) is 19.2. The number of hydrogen-bond acceptors (Lipinski definition) is 5. The molecule has 0 radical (unpaired) electrons. The number of fused-ring (bicyclic) bond motifs is 1. The molecule has 5 nitrogen and oxygen atoms in total.